The van der Waals surface area contributed by atoms with Gasteiger partial charge in [-0.1, -0.05) is 25.1 Å². The van der Waals surface area contributed by atoms with Crippen LogP contribution >= 0.6 is 0 Å². The molecule has 0 saturated heterocycles. The highest BCUT2D eigenvalue weighted by Crippen LogP contribution is 2.28. The molecule has 0 aromatic heterocycles. The van der Waals surface area contributed by atoms with E-state index >= 15 is 0 Å². The molecule has 27 heavy (non-hydrogen) atoms. The molecular formula is C19H22N4O4. The van der Waals surface area contributed by atoms with Crippen molar-refractivity contribution in [2.24, 2.45) is 0 Å². The van der Waals surface area contributed by atoms with Gasteiger partial charge in [-0.15, -0.1) is 0 Å². The third-order valence-electron chi connectivity index (χ3n) is 3.72. The van der Waals surface area contributed by atoms with E-state index in [4.69, 9.17) is 0 Å². The summed E-state index contributed by atoms with van der Waals surface area (Å²) in [5.41, 5.74) is 0.957. The van der Waals surface area contributed by atoms with Crippen LogP contribution in [0.5, 0.6) is 0 Å². The van der Waals surface area contributed by atoms with E-state index in [0.29, 0.717) is 17.9 Å². The number of hydrogen-bond acceptors (Lipinski definition) is 5. The van der Waals surface area contributed by atoms with Gasteiger partial charge in [0.15, 0.2) is 0 Å². The lowest BCUT2D eigenvalue weighted by Crippen LogP contribution is -2.31. The van der Waals surface area contributed by atoms with Gasteiger partial charge in [0.05, 0.1) is 4.92 Å². The van der Waals surface area contributed by atoms with Crippen molar-refractivity contribution in [3.8, 4) is 0 Å². The van der Waals surface area contributed by atoms with E-state index in [1.807, 2.05) is 25.1 Å². The summed E-state index contributed by atoms with van der Waals surface area (Å²) in [4.78, 5) is 34.6. The van der Waals surface area contributed by atoms with E-state index in [0.717, 1.165) is 6.42 Å². The Bertz CT molecular complexity index is 809. The van der Waals surface area contributed by atoms with Crippen molar-refractivity contribution in [3.63, 3.8) is 0 Å². The van der Waals surface area contributed by atoms with E-state index in [1.54, 1.807) is 12.1 Å². The summed E-state index contributed by atoms with van der Waals surface area (Å²) in [7, 11) is 0. The number of hydrogen-bond donors (Lipinski definition) is 3. The lowest BCUT2D eigenvalue weighted by molar-refractivity contribution is -0.383. The summed E-state index contributed by atoms with van der Waals surface area (Å²) >= 11 is 0. The molecule has 0 atom stereocenters. The highest BCUT2D eigenvalue weighted by Gasteiger charge is 2.18. The van der Waals surface area contributed by atoms with Crippen molar-refractivity contribution >= 4 is 28.9 Å². The van der Waals surface area contributed by atoms with Crippen molar-refractivity contribution in [2.75, 3.05) is 18.4 Å². The first-order chi connectivity index (χ1) is 13.0. The molecule has 142 valence electrons. The molecule has 0 unspecified atom stereocenters. The molecule has 0 aliphatic rings. The molecule has 3 N–H and O–H groups in total. The van der Waals surface area contributed by atoms with Crippen LogP contribution in [0.4, 0.5) is 17.1 Å². The number of nitro groups is 1. The Morgan fingerprint density at radius 2 is 1.78 bits per heavy atom. The molecule has 0 saturated carbocycles. The Morgan fingerprint density at radius 1 is 1.04 bits per heavy atom. The van der Waals surface area contributed by atoms with Gasteiger partial charge in [-0.05, 0) is 30.7 Å². The molecule has 2 amide bonds. The average molecular weight is 370 g/mol. The van der Waals surface area contributed by atoms with Gasteiger partial charge in [-0.3, -0.25) is 19.7 Å². The Hall–Kier alpha value is -3.42. The van der Waals surface area contributed by atoms with Crippen molar-refractivity contribution in [1.29, 1.82) is 0 Å². The van der Waals surface area contributed by atoms with Gasteiger partial charge in [-0.25, -0.2) is 0 Å². The maximum atomic E-state index is 12.2. The minimum atomic E-state index is -0.541. The van der Waals surface area contributed by atoms with E-state index in [1.165, 1.54) is 18.2 Å². The zero-order valence-corrected chi connectivity index (χ0v) is 15.0. The fraction of sp³-hybridized carbons (Fsp3) is 0.263. The number of benzene rings is 2. The van der Waals surface area contributed by atoms with Crippen molar-refractivity contribution in [3.05, 3.63) is 64.2 Å². The SMILES string of the molecule is CCCNC(=O)CCNC(=O)c1ccc(Nc2ccccc2)c([N+](=O)[O-])c1. The smallest absolute Gasteiger partial charge is 0.293 e. The minimum absolute atomic E-state index is 0.148. The van der Waals surface area contributed by atoms with E-state index in [9.17, 15) is 19.7 Å². The summed E-state index contributed by atoms with van der Waals surface area (Å²) in [5, 5.41) is 19.7. The Morgan fingerprint density at radius 3 is 2.44 bits per heavy atom. The molecule has 0 radical (unpaired) electrons. The first-order valence-corrected chi connectivity index (χ1v) is 8.66. The van der Waals surface area contributed by atoms with Gasteiger partial charge in [0.1, 0.15) is 5.69 Å². The quantitative estimate of drug-likeness (QED) is 0.464. The van der Waals surface area contributed by atoms with Crippen LogP contribution in [-0.4, -0.2) is 29.8 Å². The lowest BCUT2D eigenvalue weighted by atomic mass is 10.1. The number of carbonyl (C=O) groups excluding carboxylic acids is 2. The summed E-state index contributed by atoms with van der Waals surface area (Å²) in [6.45, 7) is 2.70. The second-order valence-corrected chi connectivity index (χ2v) is 5.84. The maximum absolute atomic E-state index is 12.2. The number of rotatable bonds is 9. The van der Waals surface area contributed by atoms with Crippen LogP contribution in [0.15, 0.2) is 48.5 Å². The number of nitrogens with zero attached hydrogens (tertiary/aromatic N) is 1. The molecule has 2 aromatic rings. The normalized spacial score (nSPS) is 10.1. The van der Waals surface area contributed by atoms with Crippen LogP contribution in [0.25, 0.3) is 0 Å². The van der Waals surface area contributed by atoms with Crippen molar-refractivity contribution in [1.82, 2.24) is 10.6 Å². The van der Waals surface area contributed by atoms with Crippen LogP contribution in [0, 0.1) is 10.1 Å². The van der Waals surface area contributed by atoms with E-state index in [2.05, 4.69) is 16.0 Å². The van der Waals surface area contributed by atoms with Gasteiger partial charge < -0.3 is 16.0 Å². The molecule has 2 rings (SSSR count). The predicted octanol–water partition coefficient (Wildman–Crippen LogP) is 2.98. The lowest BCUT2D eigenvalue weighted by Gasteiger charge is -2.09. The van der Waals surface area contributed by atoms with Crippen LogP contribution in [0.3, 0.4) is 0 Å². The zero-order chi connectivity index (χ0) is 19.6. The zero-order valence-electron chi connectivity index (χ0n) is 15.0. The monoisotopic (exact) mass is 370 g/mol. The molecule has 0 spiro atoms. The first kappa shape index (κ1) is 19.9. The molecule has 0 aliphatic heterocycles. The van der Waals surface area contributed by atoms with Gasteiger partial charge in [0, 0.05) is 36.8 Å². The van der Waals surface area contributed by atoms with Crippen LogP contribution in [0.1, 0.15) is 30.1 Å². The Labute approximate surface area is 157 Å². The van der Waals surface area contributed by atoms with Gasteiger partial charge in [0.25, 0.3) is 11.6 Å². The number of nitro benzene ring substituents is 1. The van der Waals surface area contributed by atoms with Gasteiger partial charge >= 0.3 is 0 Å². The highest BCUT2D eigenvalue weighted by molar-refractivity contribution is 5.96. The molecule has 0 aliphatic carbocycles. The topological polar surface area (TPSA) is 113 Å². The molecule has 0 fully saturated rings. The Balaban J connectivity index is 2.03. The highest BCUT2D eigenvalue weighted by atomic mass is 16.6. The fourth-order valence-electron chi connectivity index (χ4n) is 2.35. The molecule has 0 heterocycles. The van der Waals surface area contributed by atoms with Crippen LogP contribution in [0.2, 0.25) is 0 Å². The number of carbonyl (C=O) groups is 2. The number of anilines is 2. The molecule has 8 heteroatoms. The Kier molecular flexibility index (Phi) is 7.30. The number of amides is 2. The van der Waals surface area contributed by atoms with Crippen LogP contribution in [-0.2, 0) is 4.79 Å². The number of nitrogens with one attached hydrogen (secondary N) is 3. The second kappa shape index (κ2) is 9.91. The largest absolute Gasteiger partial charge is 0.356 e. The average Bonchev–Trinajstić information content (AvgIpc) is 2.67. The predicted molar refractivity (Wildman–Crippen MR) is 103 cm³/mol. The molecule has 2 aromatic carbocycles. The van der Waals surface area contributed by atoms with Gasteiger partial charge in [0.2, 0.25) is 5.91 Å². The van der Waals surface area contributed by atoms with E-state index < -0.39 is 10.8 Å². The molecular weight excluding hydrogens is 348 g/mol. The van der Waals surface area contributed by atoms with E-state index in [-0.39, 0.29) is 30.1 Å². The summed E-state index contributed by atoms with van der Waals surface area (Å²) < 4.78 is 0. The third kappa shape index (κ3) is 6.10. The van der Waals surface area contributed by atoms with Gasteiger partial charge in [-0.2, -0.15) is 0 Å². The minimum Gasteiger partial charge on any atom is -0.356 e. The van der Waals surface area contributed by atoms with Crippen molar-refractivity contribution in [2.45, 2.75) is 19.8 Å². The van der Waals surface area contributed by atoms with Crippen molar-refractivity contribution < 1.29 is 14.5 Å². The third-order valence-corrected chi connectivity index (χ3v) is 3.72. The maximum Gasteiger partial charge on any atom is 0.293 e. The summed E-state index contributed by atoms with van der Waals surface area (Å²) in [6.07, 6.45) is 0.993. The summed E-state index contributed by atoms with van der Waals surface area (Å²) in [5.74, 6) is -0.613. The number of para-hydroxylation sites is 1. The van der Waals surface area contributed by atoms with Crippen LogP contribution < -0.4 is 16.0 Å². The first-order valence-electron chi connectivity index (χ1n) is 8.66. The fourth-order valence-corrected chi connectivity index (χ4v) is 2.35. The second-order valence-electron chi connectivity index (χ2n) is 5.84. The summed E-state index contributed by atoms with van der Waals surface area (Å²) in [6, 6.07) is 13.3. The molecule has 8 nitrogen and oxygen atoms in total. The standard InChI is InChI=1S/C19H22N4O4/c1-2-11-20-18(24)10-12-21-19(25)14-8-9-16(17(13-14)23(26)27)22-15-6-4-3-5-7-15/h3-9,13,22H,2,10-12H2,1H3,(H,20,24)(H,21,25). The molecule has 0 bridgehead atoms.